The molecule has 9 heteroatoms. The predicted molar refractivity (Wildman–Crippen MR) is 111 cm³/mol. The van der Waals surface area contributed by atoms with Crippen molar-refractivity contribution in [3.05, 3.63) is 77.2 Å². The summed E-state index contributed by atoms with van der Waals surface area (Å²) in [5, 5.41) is 1.69. The molecular formula is C18H16N4O2S3. The summed E-state index contributed by atoms with van der Waals surface area (Å²) < 4.78 is 30.0. The smallest absolute Gasteiger partial charge is 0.259 e. The first-order valence-electron chi connectivity index (χ1n) is 8.01. The Morgan fingerprint density at radius 1 is 0.963 bits per heavy atom. The number of hydrogen-bond donors (Lipinski definition) is 1. The Bertz CT molecular complexity index is 1080. The SMILES string of the molecule is [N-]=[N+]=NS(=O)(=O)c1ccc2ccc(SNCCSc3ccccc3)cc2c1. The van der Waals surface area contributed by atoms with Crippen LogP contribution in [-0.2, 0) is 10.0 Å². The lowest BCUT2D eigenvalue weighted by Gasteiger charge is -2.07. The third kappa shape index (κ3) is 5.41. The van der Waals surface area contributed by atoms with E-state index in [0.717, 1.165) is 28.0 Å². The first kappa shape index (κ1) is 19.6. The van der Waals surface area contributed by atoms with Gasteiger partial charge >= 0.3 is 0 Å². The van der Waals surface area contributed by atoms with Crippen molar-refractivity contribution in [2.24, 2.45) is 4.52 Å². The summed E-state index contributed by atoms with van der Waals surface area (Å²) in [6.45, 7) is 0.827. The summed E-state index contributed by atoms with van der Waals surface area (Å²) in [4.78, 5) is 4.59. The topological polar surface area (TPSA) is 94.9 Å². The first-order chi connectivity index (χ1) is 13.1. The van der Waals surface area contributed by atoms with Crippen LogP contribution in [0.5, 0.6) is 0 Å². The van der Waals surface area contributed by atoms with Crippen LogP contribution >= 0.6 is 23.7 Å². The van der Waals surface area contributed by atoms with Crippen molar-refractivity contribution in [2.75, 3.05) is 12.3 Å². The number of rotatable bonds is 8. The maximum atomic E-state index is 11.9. The van der Waals surface area contributed by atoms with E-state index in [1.165, 1.54) is 29.0 Å². The van der Waals surface area contributed by atoms with Crippen LogP contribution in [0, 0.1) is 0 Å². The fourth-order valence-electron chi connectivity index (χ4n) is 2.38. The van der Waals surface area contributed by atoms with E-state index in [0.29, 0.717) is 0 Å². The van der Waals surface area contributed by atoms with E-state index >= 15 is 0 Å². The van der Waals surface area contributed by atoms with Crippen LogP contribution in [0.25, 0.3) is 21.2 Å². The van der Waals surface area contributed by atoms with Gasteiger partial charge < -0.3 is 0 Å². The van der Waals surface area contributed by atoms with Crippen LogP contribution in [-0.4, -0.2) is 20.7 Å². The molecule has 0 saturated carbocycles. The molecule has 0 unspecified atom stereocenters. The minimum Gasteiger partial charge on any atom is -0.259 e. The van der Waals surface area contributed by atoms with E-state index in [1.807, 2.05) is 36.4 Å². The Kier molecular flexibility index (Phi) is 6.65. The number of nitrogens with zero attached hydrogens (tertiary/aromatic N) is 3. The van der Waals surface area contributed by atoms with Gasteiger partial charge in [0.25, 0.3) is 10.0 Å². The molecule has 3 aromatic carbocycles. The second-order valence-electron chi connectivity index (χ2n) is 5.47. The fourth-order valence-corrected chi connectivity index (χ4v) is 4.70. The molecule has 0 aliphatic carbocycles. The van der Waals surface area contributed by atoms with Gasteiger partial charge in [0.2, 0.25) is 0 Å². The fraction of sp³-hybridized carbons (Fsp3) is 0.111. The van der Waals surface area contributed by atoms with Crippen LogP contribution in [0.15, 0.2) is 85.9 Å². The summed E-state index contributed by atoms with van der Waals surface area (Å²) in [6.07, 6.45) is 0. The Balaban J connectivity index is 1.62. The highest BCUT2D eigenvalue weighted by Crippen LogP contribution is 2.25. The molecule has 0 fully saturated rings. The Labute approximate surface area is 166 Å². The molecule has 0 spiro atoms. The van der Waals surface area contributed by atoms with Gasteiger partial charge in [-0.15, -0.1) is 11.8 Å². The van der Waals surface area contributed by atoms with Gasteiger partial charge in [-0.25, -0.2) is 8.42 Å². The number of hydrogen-bond acceptors (Lipinski definition) is 5. The zero-order valence-corrected chi connectivity index (χ0v) is 16.6. The van der Waals surface area contributed by atoms with Crippen molar-refractivity contribution in [1.29, 1.82) is 0 Å². The molecule has 3 aromatic rings. The summed E-state index contributed by atoms with van der Waals surface area (Å²) in [6, 6.07) is 20.7. The van der Waals surface area contributed by atoms with Gasteiger partial charge in [0.15, 0.2) is 0 Å². The normalized spacial score (nSPS) is 11.3. The van der Waals surface area contributed by atoms with Gasteiger partial charge in [0.1, 0.15) is 0 Å². The van der Waals surface area contributed by atoms with Crippen LogP contribution in [0.4, 0.5) is 0 Å². The highest BCUT2D eigenvalue weighted by molar-refractivity contribution is 7.99. The largest absolute Gasteiger partial charge is 0.264 e. The van der Waals surface area contributed by atoms with Gasteiger partial charge in [0.05, 0.1) is 4.90 Å². The molecule has 0 heterocycles. The summed E-state index contributed by atoms with van der Waals surface area (Å²) in [7, 11) is -3.98. The quantitative estimate of drug-likeness (QED) is 0.135. The monoisotopic (exact) mass is 416 g/mol. The number of thioether (sulfide) groups is 1. The molecule has 0 aromatic heterocycles. The third-order valence-electron chi connectivity index (χ3n) is 3.63. The van der Waals surface area contributed by atoms with Crippen molar-refractivity contribution in [2.45, 2.75) is 14.7 Å². The van der Waals surface area contributed by atoms with Crippen LogP contribution in [0.1, 0.15) is 0 Å². The number of benzene rings is 3. The highest BCUT2D eigenvalue weighted by atomic mass is 32.2. The molecule has 138 valence electrons. The number of sulfonamides is 1. The lowest BCUT2D eigenvalue weighted by Crippen LogP contribution is -2.07. The molecular weight excluding hydrogens is 400 g/mol. The maximum absolute atomic E-state index is 11.9. The highest BCUT2D eigenvalue weighted by Gasteiger charge is 2.12. The number of nitrogens with one attached hydrogen (secondary N) is 1. The van der Waals surface area contributed by atoms with E-state index in [1.54, 1.807) is 17.8 Å². The molecule has 0 aliphatic rings. The molecule has 0 amide bonds. The van der Waals surface area contributed by atoms with Crippen LogP contribution in [0.3, 0.4) is 0 Å². The van der Waals surface area contributed by atoms with Crippen molar-refractivity contribution in [3.63, 3.8) is 0 Å². The van der Waals surface area contributed by atoms with Crippen LogP contribution < -0.4 is 4.72 Å². The molecule has 27 heavy (non-hydrogen) atoms. The Morgan fingerprint density at radius 2 is 1.74 bits per heavy atom. The Morgan fingerprint density at radius 3 is 2.52 bits per heavy atom. The first-order valence-corrected chi connectivity index (χ1v) is 11.3. The van der Waals surface area contributed by atoms with Gasteiger partial charge in [-0.05, 0) is 64.6 Å². The minimum atomic E-state index is -3.98. The summed E-state index contributed by atoms with van der Waals surface area (Å²) >= 11 is 3.28. The number of azide groups is 1. The molecule has 0 saturated heterocycles. The summed E-state index contributed by atoms with van der Waals surface area (Å²) in [5.41, 5.74) is 8.40. The van der Waals surface area contributed by atoms with Crippen molar-refractivity contribution < 1.29 is 8.42 Å². The van der Waals surface area contributed by atoms with Crippen molar-refractivity contribution in [1.82, 2.24) is 4.72 Å². The second-order valence-corrected chi connectivity index (χ2v) is 9.19. The molecule has 0 radical (unpaired) electrons. The Hall–Kier alpha value is -2.16. The standard InChI is InChI=1S/C18H16N4O2S3/c19-21-22-27(23,24)18-9-7-14-6-8-17(12-15(14)13-18)26-20-10-11-25-16-4-2-1-3-5-16/h1-9,12-13,20H,10-11H2. The summed E-state index contributed by atoms with van der Waals surface area (Å²) in [5.74, 6) is 0.944. The maximum Gasteiger partial charge on any atom is 0.264 e. The van der Waals surface area contributed by atoms with E-state index in [2.05, 4.69) is 26.3 Å². The van der Waals surface area contributed by atoms with E-state index in [9.17, 15) is 8.42 Å². The second kappa shape index (κ2) is 9.16. The lowest BCUT2D eigenvalue weighted by molar-refractivity contribution is 0.597. The van der Waals surface area contributed by atoms with Crippen molar-refractivity contribution in [3.8, 4) is 0 Å². The van der Waals surface area contributed by atoms with E-state index in [4.69, 9.17) is 5.53 Å². The number of fused-ring (bicyclic) bond motifs is 1. The molecule has 0 aliphatic heterocycles. The molecule has 6 nitrogen and oxygen atoms in total. The van der Waals surface area contributed by atoms with Gasteiger partial charge in [-0.2, -0.15) is 0 Å². The van der Waals surface area contributed by atoms with Gasteiger partial charge in [0, 0.05) is 31.5 Å². The zero-order chi connectivity index (χ0) is 19.1. The van der Waals surface area contributed by atoms with Crippen molar-refractivity contribution >= 4 is 44.5 Å². The molecule has 1 N–H and O–H groups in total. The van der Waals surface area contributed by atoms with E-state index in [-0.39, 0.29) is 4.90 Å². The van der Waals surface area contributed by atoms with Gasteiger partial charge in [-0.3, -0.25) is 4.72 Å². The minimum absolute atomic E-state index is 0.0119. The zero-order valence-electron chi connectivity index (χ0n) is 14.1. The average Bonchev–Trinajstić information content (AvgIpc) is 2.68. The third-order valence-corrected chi connectivity index (χ3v) is 6.62. The van der Waals surface area contributed by atoms with Gasteiger partial charge in [-0.1, -0.05) is 30.3 Å². The lowest BCUT2D eigenvalue weighted by atomic mass is 10.1. The predicted octanol–water partition coefficient (Wildman–Crippen LogP) is 5.23. The molecule has 0 bridgehead atoms. The average molecular weight is 417 g/mol. The molecule has 0 atom stereocenters. The molecule has 3 rings (SSSR count). The van der Waals surface area contributed by atoms with Crippen LogP contribution in [0.2, 0.25) is 0 Å². The van der Waals surface area contributed by atoms with E-state index < -0.39 is 10.0 Å².